The quantitative estimate of drug-likeness (QED) is 0.164. The number of aromatic nitrogens is 2. The molecule has 1 amide bonds. The van der Waals surface area contributed by atoms with Gasteiger partial charge >= 0.3 is 24.3 Å². The number of thiophene rings is 1. The minimum atomic E-state index is -5.08. The van der Waals surface area contributed by atoms with Gasteiger partial charge in [-0.05, 0) is 57.0 Å². The Kier molecular flexibility index (Phi) is 13.9. The third-order valence-electron chi connectivity index (χ3n) is 7.50. The SMILES string of the molecule is CNC1CCC(N(Cc2cc(-c3cnccn3)ccc2OC)C(=O)c2sc3ccccc3c2Cl)CC1.O=C(O)C(F)(F)F.O=C(O)C(F)(F)F. The predicted octanol–water partition coefficient (Wildman–Crippen LogP) is 7.46. The number of nitrogens with one attached hydrogen (secondary N) is 1. The lowest BCUT2D eigenvalue weighted by atomic mass is 9.89. The number of halogens is 7. The van der Waals surface area contributed by atoms with Gasteiger partial charge < -0.3 is 25.2 Å². The van der Waals surface area contributed by atoms with Crippen molar-refractivity contribution in [2.24, 2.45) is 0 Å². The van der Waals surface area contributed by atoms with E-state index in [-0.39, 0.29) is 11.9 Å². The van der Waals surface area contributed by atoms with Crippen molar-refractivity contribution in [1.29, 1.82) is 0 Å². The van der Waals surface area contributed by atoms with Crippen LogP contribution in [0.2, 0.25) is 5.02 Å². The number of hydrogen-bond donors (Lipinski definition) is 3. The predicted molar refractivity (Wildman–Crippen MR) is 173 cm³/mol. The largest absolute Gasteiger partial charge is 0.496 e. The average molecular weight is 749 g/mol. The Morgan fingerprint density at radius 1 is 0.980 bits per heavy atom. The van der Waals surface area contributed by atoms with Crippen molar-refractivity contribution in [3.63, 3.8) is 0 Å². The molecule has 1 aliphatic rings. The molecule has 0 spiro atoms. The van der Waals surface area contributed by atoms with E-state index in [1.807, 2.05) is 48.3 Å². The summed E-state index contributed by atoms with van der Waals surface area (Å²) in [4.78, 5) is 43.2. The molecule has 0 aliphatic heterocycles. The zero-order valence-corrected chi connectivity index (χ0v) is 28.0. The zero-order valence-electron chi connectivity index (χ0n) is 26.4. The number of benzene rings is 2. The highest BCUT2D eigenvalue weighted by Gasteiger charge is 2.39. The van der Waals surface area contributed by atoms with E-state index in [1.54, 1.807) is 25.7 Å². The molecule has 0 saturated heterocycles. The van der Waals surface area contributed by atoms with E-state index in [4.69, 9.17) is 36.1 Å². The molecule has 0 radical (unpaired) electrons. The summed E-state index contributed by atoms with van der Waals surface area (Å²) in [5.74, 6) is -4.80. The summed E-state index contributed by atoms with van der Waals surface area (Å²) in [5.41, 5.74) is 2.65. The molecule has 50 heavy (non-hydrogen) atoms. The van der Waals surface area contributed by atoms with Crippen molar-refractivity contribution in [3.8, 4) is 17.0 Å². The summed E-state index contributed by atoms with van der Waals surface area (Å²) >= 11 is 8.23. The number of carbonyl (C=O) groups is 3. The number of alkyl halides is 6. The van der Waals surface area contributed by atoms with Crippen LogP contribution in [0, 0.1) is 0 Å². The highest BCUT2D eigenvalue weighted by molar-refractivity contribution is 7.21. The van der Waals surface area contributed by atoms with Crippen molar-refractivity contribution < 1.29 is 55.7 Å². The van der Waals surface area contributed by atoms with Gasteiger partial charge in [-0.2, -0.15) is 26.3 Å². The maximum absolute atomic E-state index is 14.1. The fourth-order valence-electron chi connectivity index (χ4n) is 5.02. The molecule has 2 aromatic carbocycles. The first-order valence-corrected chi connectivity index (χ1v) is 15.9. The van der Waals surface area contributed by atoms with E-state index in [2.05, 4.69) is 21.4 Å². The minimum Gasteiger partial charge on any atom is -0.496 e. The Balaban J connectivity index is 0.000000408. The van der Waals surface area contributed by atoms with E-state index in [0.29, 0.717) is 22.5 Å². The molecule has 1 aliphatic carbocycles. The van der Waals surface area contributed by atoms with Crippen molar-refractivity contribution in [3.05, 3.63) is 76.5 Å². The maximum atomic E-state index is 14.1. The molecule has 1 saturated carbocycles. The van der Waals surface area contributed by atoms with E-state index in [1.165, 1.54) is 11.3 Å². The van der Waals surface area contributed by atoms with Crippen molar-refractivity contribution in [1.82, 2.24) is 20.2 Å². The minimum absolute atomic E-state index is 0.0268. The molecule has 2 heterocycles. The number of aliphatic carboxylic acids is 2. The number of nitrogens with zero attached hydrogens (tertiary/aromatic N) is 3. The molecular weight excluding hydrogens is 718 g/mol. The lowest BCUT2D eigenvalue weighted by molar-refractivity contribution is -0.193. The van der Waals surface area contributed by atoms with Crippen molar-refractivity contribution in [2.45, 2.75) is 56.7 Å². The molecule has 4 aromatic rings. The van der Waals surface area contributed by atoms with Crippen molar-refractivity contribution in [2.75, 3.05) is 14.2 Å². The number of carboxylic acid groups (broad SMARTS) is 2. The van der Waals surface area contributed by atoms with Crippen LogP contribution < -0.4 is 10.1 Å². The standard InChI is InChI=1S/C28H29ClN4O2S.2C2HF3O2/c1-30-20-8-10-21(11-9-20)33(28(34)27-26(29)22-5-3-4-6-25(22)36-27)17-19-15-18(7-12-24(19)35-2)23-16-31-13-14-32-23;2*3-2(4,5)1(6)7/h3-7,12-16,20-21,30H,8-11,17H2,1-2H3;2*(H,6,7). The average Bonchev–Trinajstić information content (AvgIpc) is 3.43. The maximum Gasteiger partial charge on any atom is 0.490 e. The second-order valence-corrected chi connectivity index (χ2v) is 12.1. The van der Waals surface area contributed by atoms with Gasteiger partial charge in [-0.25, -0.2) is 9.59 Å². The number of amides is 1. The van der Waals surface area contributed by atoms with Gasteiger partial charge in [0.2, 0.25) is 0 Å². The van der Waals surface area contributed by atoms with Crippen LogP contribution in [0.15, 0.2) is 61.1 Å². The van der Waals surface area contributed by atoms with Crippen LogP contribution in [0.3, 0.4) is 0 Å². The molecule has 0 unspecified atom stereocenters. The van der Waals surface area contributed by atoms with Crippen LogP contribution in [0.1, 0.15) is 40.9 Å². The van der Waals surface area contributed by atoms with Crippen LogP contribution in [0.5, 0.6) is 5.75 Å². The highest BCUT2D eigenvalue weighted by Crippen LogP contribution is 2.38. The van der Waals surface area contributed by atoms with E-state index in [9.17, 15) is 31.1 Å². The van der Waals surface area contributed by atoms with Gasteiger partial charge in [0.25, 0.3) is 5.91 Å². The molecule has 0 atom stereocenters. The number of fused-ring (bicyclic) bond motifs is 1. The second-order valence-electron chi connectivity index (χ2n) is 10.7. The molecule has 2 aromatic heterocycles. The van der Waals surface area contributed by atoms with Crippen LogP contribution in [-0.2, 0) is 16.1 Å². The molecule has 270 valence electrons. The first-order valence-electron chi connectivity index (χ1n) is 14.7. The Labute approximate surface area is 290 Å². The number of rotatable bonds is 7. The van der Waals surface area contributed by atoms with Gasteiger partial charge in [0.1, 0.15) is 10.6 Å². The van der Waals surface area contributed by atoms with Crippen molar-refractivity contribution >= 4 is 50.9 Å². The van der Waals surface area contributed by atoms with Crippen LogP contribution in [0.25, 0.3) is 21.3 Å². The van der Waals surface area contributed by atoms with Gasteiger partial charge in [-0.15, -0.1) is 11.3 Å². The summed E-state index contributed by atoms with van der Waals surface area (Å²) < 4.78 is 70.2. The Morgan fingerprint density at radius 2 is 1.58 bits per heavy atom. The summed E-state index contributed by atoms with van der Waals surface area (Å²) in [6.07, 6.45) is -1.16. The zero-order chi connectivity index (χ0) is 37.2. The van der Waals surface area contributed by atoms with E-state index in [0.717, 1.165) is 58.3 Å². The molecule has 0 bridgehead atoms. The smallest absolute Gasteiger partial charge is 0.490 e. The molecule has 5 rings (SSSR count). The second kappa shape index (κ2) is 17.4. The first-order chi connectivity index (χ1) is 23.5. The third-order valence-corrected chi connectivity index (χ3v) is 9.16. The normalized spacial score (nSPS) is 15.9. The lowest BCUT2D eigenvalue weighted by Crippen LogP contribution is -2.44. The highest BCUT2D eigenvalue weighted by atomic mass is 35.5. The van der Waals surface area contributed by atoms with Crippen LogP contribution in [-0.4, -0.2) is 81.5 Å². The summed E-state index contributed by atoms with van der Waals surface area (Å²) in [6, 6.07) is 14.5. The third kappa shape index (κ3) is 10.8. The fourth-order valence-corrected chi connectivity index (χ4v) is 6.49. The fraction of sp³-hybridized carbons (Fsp3) is 0.344. The topological polar surface area (TPSA) is 142 Å². The molecular formula is C32H31ClF6N4O6S. The molecule has 3 N–H and O–H groups in total. The van der Waals surface area contributed by atoms with Gasteiger partial charge in [0, 0.05) is 52.2 Å². The number of carboxylic acids is 2. The number of ether oxygens (including phenoxy) is 1. The van der Waals surface area contributed by atoms with Crippen LogP contribution >= 0.6 is 22.9 Å². The van der Waals surface area contributed by atoms with Crippen LogP contribution in [0.4, 0.5) is 26.3 Å². The summed E-state index contributed by atoms with van der Waals surface area (Å²) in [6.45, 7) is 0.426. The Bertz CT molecular complexity index is 1740. The van der Waals surface area contributed by atoms with Gasteiger partial charge in [0.05, 0.1) is 24.0 Å². The monoisotopic (exact) mass is 748 g/mol. The molecule has 1 fully saturated rings. The summed E-state index contributed by atoms with van der Waals surface area (Å²) in [5, 5.41) is 19.1. The van der Waals surface area contributed by atoms with Gasteiger partial charge in [0.15, 0.2) is 0 Å². The molecule has 10 nitrogen and oxygen atoms in total. The number of hydrogen-bond acceptors (Lipinski definition) is 8. The number of methoxy groups -OCH3 is 1. The van der Waals surface area contributed by atoms with E-state index < -0.39 is 24.3 Å². The van der Waals surface area contributed by atoms with Gasteiger partial charge in [-0.1, -0.05) is 29.8 Å². The van der Waals surface area contributed by atoms with E-state index >= 15 is 0 Å². The first kappa shape index (κ1) is 40.0. The Morgan fingerprint density at radius 3 is 2.08 bits per heavy atom. The molecule has 18 heteroatoms. The van der Waals surface area contributed by atoms with Gasteiger partial charge in [-0.3, -0.25) is 14.8 Å². The lowest BCUT2D eigenvalue weighted by Gasteiger charge is -2.37. The number of carbonyl (C=O) groups excluding carboxylic acids is 1. The summed E-state index contributed by atoms with van der Waals surface area (Å²) in [7, 11) is 3.67. The Hall–Kier alpha value is -4.48.